The highest BCUT2D eigenvalue weighted by atomic mass is 32.1. The number of para-hydroxylation sites is 1. The number of fused-ring (bicyclic) bond motifs is 1. The van der Waals surface area contributed by atoms with Crippen molar-refractivity contribution in [3.63, 3.8) is 0 Å². The average molecular weight is 365 g/mol. The molecule has 3 aromatic rings. The fourth-order valence-electron chi connectivity index (χ4n) is 3.26. The molecular formula is C20H19N3O2S. The number of anilines is 2. The summed E-state index contributed by atoms with van der Waals surface area (Å²) < 4.78 is 1.03. The zero-order valence-electron chi connectivity index (χ0n) is 14.7. The summed E-state index contributed by atoms with van der Waals surface area (Å²) in [7, 11) is 0. The monoisotopic (exact) mass is 365 g/mol. The number of carbonyl (C=O) groups excluding carboxylic acids is 2. The van der Waals surface area contributed by atoms with Gasteiger partial charge in [-0.05, 0) is 43.2 Å². The molecule has 132 valence electrons. The Morgan fingerprint density at radius 1 is 1.23 bits per heavy atom. The molecule has 0 bridgehead atoms. The largest absolute Gasteiger partial charge is 0.311 e. The topological polar surface area (TPSA) is 62.3 Å². The van der Waals surface area contributed by atoms with Crippen molar-refractivity contribution in [2.24, 2.45) is 5.92 Å². The predicted octanol–water partition coefficient (Wildman–Crippen LogP) is 3.90. The molecule has 1 atom stereocenters. The zero-order valence-corrected chi connectivity index (χ0v) is 15.5. The van der Waals surface area contributed by atoms with Crippen LogP contribution < -0.4 is 10.2 Å². The van der Waals surface area contributed by atoms with Gasteiger partial charge >= 0.3 is 0 Å². The van der Waals surface area contributed by atoms with Gasteiger partial charge < -0.3 is 10.2 Å². The second-order valence-electron chi connectivity index (χ2n) is 6.67. The van der Waals surface area contributed by atoms with Gasteiger partial charge in [-0.25, -0.2) is 4.98 Å². The lowest BCUT2D eigenvalue weighted by atomic mass is 10.1. The van der Waals surface area contributed by atoms with E-state index in [2.05, 4.69) is 10.3 Å². The molecule has 1 N–H and O–H groups in total. The summed E-state index contributed by atoms with van der Waals surface area (Å²) in [5, 5.41) is 3.46. The minimum absolute atomic E-state index is 0.0110. The van der Waals surface area contributed by atoms with Crippen LogP contribution in [0.1, 0.15) is 17.5 Å². The maximum absolute atomic E-state index is 12.6. The summed E-state index contributed by atoms with van der Waals surface area (Å²) in [5.74, 6) is -0.525. The van der Waals surface area contributed by atoms with Crippen LogP contribution in [0, 0.1) is 19.8 Å². The Morgan fingerprint density at radius 3 is 2.85 bits per heavy atom. The highest BCUT2D eigenvalue weighted by Crippen LogP contribution is 2.30. The smallest absolute Gasteiger partial charge is 0.231 e. The predicted molar refractivity (Wildman–Crippen MR) is 105 cm³/mol. The van der Waals surface area contributed by atoms with Gasteiger partial charge in [0.25, 0.3) is 0 Å². The van der Waals surface area contributed by atoms with E-state index >= 15 is 0 Å². The zero-order chi connectivity index (χ0) is 18.3. The molecule has 0 saturated carbocycles. The summed E-state index contributed by atoms with van der Waals surface area (Å²) in [6.07, 6.45) is 0.226. The Labute approximate surface area is 155 Å². The minimum atomic E-state index is -0.366. The molecule has 2 amide bonds. The van der Waals surface area contributed by atoms with Gasteiger partial charge in [0.15, 0.2) is 5.13 Å². The molecule has 1 aliphatic rings. The molecular weight excluding hydrogens is 346 g/mol. The fraction of sp³-hybridized carbons (Fsp3) is 0.250. The normalized spacial score (nSPS) is 17.1. The van der Waals surface area contributed by atoms with E-state index in [9.17, 15) is 9.59 Å². The van der Waals surface area contributed by atoms with Gasteiger partial charge in [0.2, 0.25) is 11.8 Å². The van der Waals surface area contributed by atoms with Crippen molar-refractivity contribution >= 4 is 44.2 Å². The first-order valence-corrected chi connectivity index (χ1v) is 9.37. The standard InChI is InChI=1S/C20H19N3O2S/c1-12-7-8-13(2)16(9-12)23-11-14(10-18(23)24)19(25)22-20-21-15-5-3-4-6-17(15)26-20/h3-9,14H,10-11H2,1-2H3,(H,21,22,25). The molecule has 1 aliphatic heterocycles. The lowest BCUT2D eigenvalue weighted by Gasteiger charge is -2.19. The second-order valence-corrected chi connectivity index (χ2v) is 7.70. The van der Waals surface area contributed by atoms with Crippen molar-refractivity contribution in [2.45, 2.75) is 20.3 Å². The van der Waals surface area contributed by atoms with Crippen LogP contribution >= 0.6 is 11.3 Å². The van der Waals surface area contributed by atoms with Crippen LogP contribution in [0.2, 0.25) is 0 Å². The summed E-state index contributed by atoms with van der Waals surface area (Å²) >= 11 is 1.45. The van der Waals surface area contributed by atoms with E-state index in [1.54, 1.807) is 4.90 Å². The summed E-state index contributed by atoms with van der Waals surface area (Å²) in [4.78, 5) is 31.3. The molecule has 6 heteroatoms. The van der Waals surface area contributed by atoms with E-state index in [0.29, 0.717) is 11.7 Å². The number of hydrogen-bond acceptors (Lipinski definition) is 4. The lowest BCUT2D eigenvalue weighted by molar-refractivity contribution is -0.122. The van der Waals surface area contributed by atoms with Crippen LogP contribution in [-0.4, -0.2) is 23.3 Å². The summed E-state index contributed by atoms with van der Waals surface area (Å²) in [6, 6.07) is 13.8. The second kappa shape index (κ2) is 6.53. The van der Waals surface area contributed by atoms with Crippen molar-refractivity contribution < 1.29 is 9.59 Å². The van der Waals surface area contributed by atoms with E-state index in [-0.39, 0.29) is 24.2 Å². The third kappa shape index (κ3) is 3.08. The van der Waals surface area contributed by atoms with Crippen molar-refractivity contribution in [1.82, 2.24) is 4.98 Å². The number of benzene rings is 2. The Balaban J connectivity index is 1.51. The van der Waals surface area contributed by atoms with E-state index < -0.39 is 0 Å². The average Bonchev–Trinajstić information content (AvgIpc) is 3.20. The summed E-state index contributed by atoms with van der Waals surface area (Å²) in [5.41, 5.74) is 3.90. The number of aryl methyl sites for hydroxylation is 2. The Morgan fingerprint density at radius 2 is 2.04 bits per heavy atom. The highest BCUT2D eigenvalue weighted by molar-refractivity contribution is 7.22. The van der Waals surface area contributed by atoms with Gasteiger partial charge in [-0.1, -0.05) is 35.6 Å². The fourth-order valence-corrected chi connectivity index (χ4v) is 4.13. The molecule has 1 saturated heterocycles. The summed E-state index contributed by atoms with van der Waals surface area (Å²) in [6.45, 7) is 4.39. The first-order chi connectivity index (χ1) is 12.5. The number of nitrogens with one attached hydrogen (secondary N) is 1. The third-order valence-electron chi connectivity index (χ3n) is 4.68. The van der Waals surface area contributed by atoms with E-state index in [4.69, 9.17) is 0 Å². The molecule has 1 unspecified atom stereocenters. The molecule has 1 fully saturated rings. The number of carbonyl (C=O) groups is 2. The van der Waals surface area contributed by atoms with Crippen molar-refractivity contribution in [1.29, 1.82) is 0 Å². The third-order valence-corrected chi connectivity index (χ3v) is 5.63. The first-order valence-electron chi connectivity index (χ1n) is 8.55. The van der Waals surface area contributed by atoms with Gasteiger partial charge in [0.1, 0.15) is 0 Å². The molecule has 2 aromatic carbocycles. The van der Waals surface area contributed by atoms with Crippen LogP contribution in [0.25, 0.3) is 10.2 Å². The van der Waals surface area contributed by atoms with Gasteiger partial charge in [0.05, 0.1) is 16.1 Å². The number of nitrogens with zero attached hydrogens (tertiary/aromatic N) is 2. The molecule has 4 rings (SSSR count). The molecule has 5 nitrogen and oxygen atoms in total. The van der Waals surface area contributed by atoms with Crippen LogP contribution in [-0.2, 0) is 9.59 Å². The first kappa shape index (κ1) is 16.7. The molecule has 0 spiro atoms. The van der Waals surface area contributed by atoms with E-state index in [1.165, 1.54) is 11.3 Å². The number of rotatable bonds is 3. The van der Waals surface area contributed by atoms with Crippen molar-refractivity contribution in [3.05, 3.63) is 53.6 Å². The van der Waals surface area contributed by atoms with Crippen molar-refractivity contribution in [3.8, 4) is 0 Å². The lowest BCUT2D eigenvalue weighted by Crippen LogP contribution is -2.28. The molecule has 2 heterocycles. The van der Waals surface area contributed by atoms with Gasteiger partial charge in [-0.15, -0.1) is 0 Å². The van der Waals surface area contributed by atoms with E-state index in [0.717, 1.165) is 27.0 Å². The van der Waals surface area contributed by atoms with Crippen LogP contribution in [0.3, 0.4) is 0 Å². The molecule has 26 heavy (non-hydrogen) atoms. The van der Waals surface area contributed by atoms with Gasteiger partial charge in [-0.2, -0.15) is 0 Å². The van der Waals surface area contributed by atoms with Gasteiger partial charge in [0, 0.05) is 18.7 Å². The maximum atomic E-state index is 12.6. The molecule has 1 aromatic heterocycles. The van der Waals surface area contributed by atoms with Crippen LogP contribution in [0.15, 0.2) is 42.5 Å². The number of hydrogen-bond donors (Lipinski definition) is 1. The van der Waals surface area contributed by atoms with Crippen LogP contribution in [0.5, 0.6) is 0 Å². The Hall–Kier alpha value is -2.73. The minimum Gasteiger partial charge on any atom is -0.311 e. The Bertz CT molecular complexity index is 978. The highest BCUT2D eigenvalue weighted by Gasteiger charge is 2.36. The maximum Gasteiger partial charge on any atom is 0.231 e. The van der Waals surface area contributed by atoms with E-state index in [1.807, 2.05) is 56.3 Å². The van der Waals surface area contributed by atoms with Crippen LogP contribution in [0.4, 0.5) is 10.8 Å². The SMILES string of the molecule is Cc1ccc(C)c(N2CC(C(=O)Nc3nc4ccccc4s3)CC2=O)c1. The quantitative estimate of drug-likeness (QED) is 0.765. The number of thiazole rings is 1. The Kier molecular flexibility index (Phi) is 4.20. The van der Waals surface area contributed by atoms with Gasteiger partial charge in [-0.3, -0.25) is 9.59 Å². The molecule has 0 radical (unpaired) electrons. The van der Waals surface area contributed by atoms with Crippen molar-refractivity contribution in [2.75, 3.05) is 16.8 Å². The number of amides is 2. The number of aromatic nitrogens is 1. The molecule has 0 aliphatic carbocycles.